The molecule has 0 atom stereocenters. The largest absolute Gasteiger partial charge is 0.507 e. The maximum absolute atomic E-state index is 13.9. The van der Waals surface area contributed by atoms with Gasteiger partial charge in [0, 0.05) is 7.05 Å². The number of imidazole rings is 1. The highest BCUT2D eigenvalue weighted by atomic mass is 16.3. The van der Waals surface area contributed by atoms with Gasteiger partial charge in [0.1, 0.15) is 11.6 Å². The predicted octanol–water partition coefficient (Wildman–Crippen LogP) is 4.96. The summed E-state index contributed by atoms with van der Waals surface area (Å²) in [7, 11) is 1.32. The molecule has 15 nitrogen and oxygen atoms in total. The number of phenols is 1. The average molecular weight is 805 g/mol. The number of aromatic hydroxyl groups is 1. The Bertz CT molecular complexity index is 3680. The number of nitrogens with one attached hydrogen (secondary N) is 1. The molecule has 0 bridgehead atoms. The highest BCUT2D eigenvalue weighted by Crippen LogP contribution is 2.37. The van der Waals surface area contributed by atoms with E-state index >= 15 is 0 Å². The number of hydrogen-bond acceptors (Lipinski definition) is 10. The van der Waals surface area contributed by atoms with Gasteiger partial charge in [-0.3, -0.25) is 42.9 Å². The Morgan fingerprint density at radius 2 is 1.00 bits per heavy atom. The van der Waals surface area contributed by atoms with Crippen molar-refractivity contribution in [3.8, 4) is 34.0 Å². The summed E-state index contributed by atoms with van der Waals surface area (Å²) < 4.78 is 1.80. The van der Waals surface area contributed by atoms with Crippen molar-refractivity contribution in [2.24, 2.45) is 7.05 Å². The molecule has 5 heterocycles. The van der Waals surface area contributed by atoms with E-state index in [1.54, 1.807) is 78.9 Å². The van der Waals surface area contributed by atoms with E-state index < -0.39 is 45.9 Å². The monoisotopic (exact) mass is 804 g/mol. The van der Waals surface area contributed by atoms with Crippen molar-refractivity contribution < 1.29 is 24.3 Å². The van der Waals surface area contributed by atoms with E-state index in [0.717, 1.165) is 18.9 Å². The Morgan fingerprint density at radius 3 is 1.59 bits per heavy atom. The van der Waals surface area contributed by atoms with Gasteiger partial charge in [0.2, 0.25) is 0 Å². The lowest BCUT2D eigenvalue weighted by Gasteiger charge is -2.13. The van der Waals surface area contributed by atoms with Crippen LogP contribution in [0.2, 0.25) is 0 Å². The second kappa shape index (κ2) is 12.3. The summed E-state index contributed by atoms with van der Waals surface area (Å²) >= 11 is 0. The molecule has 0 spiro atoms. The van der Waals surface area contributed by atoms with Crippen LogP contribution in [-0.2, 0) is 7.05 Å². The van der Waals surface area contributed by atoms with Crippen molar-refractivity contribution in [2.45, 2.75) is 0 Å². The smallest absolute Gasteiger partial charge is 0.266 e. The molecule has 4 amide bonds. The van der Waals surface area contributed by atoms with Crippen molar-refractivity contribution in [1.82, 2.24) is 19.1 Å². The number of anilines is 2. The number of phenolic OH excluding ortho intramolecular Hbond substituents is 1. The summed E-state index contributed by atoms with van der Waals surface area (Å²) in [4.78, 5) is 116. The maximum atomic E-state index is 13.9. The number of amides is 4. The number of imide groups is 2. The first-order valence-corrected chi connectivity index (χ1v) is 18.7. The first-order valence-electron chi connectivity index (χ1n) is 18.7. The number of benzene rings is 6. The van der Waals surface area contributed by atoms with Gasteiger partial charge in [0.15, 0.2) is 0 Å². The van der Waals surface area contributed by atoms with E-state index in [9.17, 15) is 43.5 Å². The number of fused-ring (bicyclic) bond motifs is 5. The molecule has 61 heavy (non-hydrogen) atoms. The molecule has 0 fully saturated rings. The van der Waals surface area contributed by atoms with Gasteiger partial charge >= 0.3 is 0 Å². The number of nitrogens with zero attached hydrogens (tertiary/aromatic N) is 5. The Morgan fingerprint density at radius 1 is 0.475 bits per heavy atom. The molecule has 2 aliphatic heterocycles. The van der Waals surface area contributed by atoms with Gasteiger partial charge < -0.3 is 10.1 Å². The second-order valence-corrected chi connectivity index (χ2v) is 14.8. The van der Waals surface area contributed by atoms with Crippen LogP contribution in [0.15, 0.2) is 134 Å². The predicted molar refractivity (Wildman–Crippen MR) is 225 cm³/mol. The first-order chi connectivity index (χ1) is 29.4. The van der Waals surface area contributed by atoms with Crippen molar-refractivity contribution >= 4 is 67.6 Å². The summed E-state index contributed by atoms with van der Waals surface area (Å²) in [5.41, 5.74) is 1.01. The van der Waals surface area contributed by atoms with Crippen LogP contribution < -0.4 is 32.0 Å². The third-order valence-corrected chi connectivity index (χ3v) is 11.4. The molecule has 0 unspecified atom stereocenters. The van der Waals surface area contributed by atoms with Crippen LogP contribution in [0, 0.1) is 0 Å². The van der Waals surface area contributed by atoms with Crippen LogP contribution >= 0.6 is 0 Å². The molecule has 3 aromatic heterocycles. The fraction of sp³-hybridized carbons (Fsp3) is 0.0217. The van der Waals surface area contributed by atoms with E-state index in [2.05, 4.69) is 9.97 Å². The molecule has 2 aliphatic rings. The molecule has 0 radical (unpaired) electrons. The summed E-state index contributed by atoms with van der Waals surface area (Å²) in [5.74, 6) is -2.14. The highest BCUT2D eigenvalue weighted by molar-refractivity contribution is 6.36. The molecule has 15 heteroatoms. The molecule has 0 saturated heterocycles. The number of rotatable bonds is 5. The summed E-state index contributed by atoms with van der Waals surface area (Å²) in [5, 5.41) is 10.9. The van der Waals surface area contributed by atoms with Crippen LogP contribution in [-0.4, -0.2) is 47.8 Å². The van der Waals surface area contributed by atoms with E-state index in [4.69, 9.17) is 0 Å². The van der Waals surface area contributed by atoms with E-state index in [1.807, 2.05) is 0 Å². The Kier molecular flexibility index (Phi) is 7.14. The molecular formula is C46H24N6O9. The van der Waals surface area contributed by atoms with E-state index in [0.29, 0.717) is 27.8 Å². The fourth-order valence-electron chi connectivity index (χ4n) is 8.33. The Labute approximate surface area is 339 Å². The number of carbonyl (C=O) groups excluding carboxylic acids is 4. The van der Waals surface area contributed by atoms with Crippen molar-refractivity contribution in [2.75, 3.05) is 9.80 Å². The van der Waals surface area contributed by atoms with Crippen LogP contribution in [0.25, 0.3) is 60.8 Å². The molecule has 9 aromatic rings. The number of para-hydroxylation sites is 1. The third kappa shape index (κ3) is 4.88. The SMILES string of the molecule is Cn1c(=O)c2cc3c(=O)n(-c4ccc(O)c(-c5nc6cc(N7C(=O)c8ccc(-c9ccc%10c(c9)C(=O)N(c9ccccc9)C%10=O)cc8C7=O)ccc6[nH]5)c4)c(=O)c3cc2c1=O. The number of hydrogen-bond donors (Lipinski definition) is 2. The number of aromatic amines is 1. The van der Waals surface area contributed by atoms with Gasteiger partial charge in [-0.1, -0.05) is 30.3 Å². The summed E-state index contributed by atoms with van der Waals surface area (Å²) in [6, 6.07) is 29.5. The van der Waals surface area contributed by atoms with Crippen molar-refractivity contribution in [3.63, 3.8) is 0 Å². The Hall–Kier alpha value is -8.85. The quantitative estimate of drug-likeness (QED) is 0.224. The van der Waals surface area contributed by atoms with Crippen molar-refractivity contribution in [3.05, 3.63) is 179 Å². The molecule has 0 aliphatic carbocycles. The lowest BCUT2D eigenvalue weighted by molar-refractivity contribution is 0.0910. The molecule has 292 valence electrons. The maximum Gasteiger partial charge on any atom is 0.266 e. The number of aromatic nitrogens is 4. The number of H-pyrrole nitrogens is 1. The number of carbonyl (C=O) groups is 4. The van der Waals surface area contributed by atoms with Gasteiger partial charge in [-0.15, -0.1) is 0 Å². The van der Waals surface area contributed by atoms with E-state index in [1.165, 1.54) is 43.4 Å². The van der Waals surface area contributed by atoms with Crippen LogP contribution in [0.1, 0.15) is 41.4 Å². The molecule has 2 N–H and O–H groups in total. The lowest BCUT2D eigenvalue weighted by Crippen LogP contribution is -2.29. The molecular weight excluding hydrogens is 781 g/mol. The van der Waals surface area contributed by atoms with Gasteiger partial charge in [0.05, 0.1) is 77.5 Å². The average Bonchev–Trinajstić information content (AvgIpc) is 4.00. The Balaban J connectivity index is 0.906. The molecule has 0 saturated carbocycles. The zero-order valence-corrected chi connectivity index (χ0v) is 31.4. The zero-order chi connectivity index (χ0) is 42.2. The third-order valence-electron chi connectivity index (χ3n) is 11.4. The summed E-state index contributed by atoms with van der Waals surface area (Å²) in [6.45, 7) is 0. The minimum atomic E-state index is -0.717. The zero-order valence-electron chi connectivity index (χ0n) is 31.4. The standard InChI is InChI=1S/C46H24N6O9/c1-49-39(54)30-19-32-33(20-31(30)40(49)55)46(61)51(45(32)60)24-10-14-37(53)34(17-24)38-47-35-13-9-25(18-36(35)48-38)52-42(57)27-12-8-22(16-29(27)44(52)59)21-7-11-26-28(15-21)43(58)50(41(26)56)23-5-3-2-4-6-23/h2-20,53H,1H3,(H,47,48). The lowest BCUT2D eigenvalue weighted by atomic mass is 9.97. The van der Waals surface area contributed by atoms with Gasteiger partial charge in [0.25, 0.3) is 45.9 Å². The molecule has 11 rings (SSSR count). The molecule has 6 aromatic carbocycles. The van der Waals surface area contributed by atoms with Crippen LogP contribution in [0.5, 0.6) is 5.75 Å². The van der Waals surface area contributed by atoms with Crippen LogP contribution in [0.4, 0.5) is 11.4 Å². The highest BCUT2D eigenvalue weighted by Gasteiger charge is 2.39. The normalized spacial score (nSPS) is 13.7. The fourth-order valence-corrected chi connectivity index (χ4v) is 8.33. The van der Waals surface area contributed by atoms with Gasteiger partial charge in [-0.25, -0.2) is 19.4 Å². The van der Waals surface area contributed by atoms with Gasteiger partial charge in [-0.2, -0.15) is 0 Å². The minimum Gasteiger partial charge on any atom is -0.507 e. The first kappa shape index (κ1) is 35.3. The van der Waals surface area contributed by atoms with Crippen molar-refractivity contribution in [1.29, 1.82) is 0 Å². The topological polar surface area (TPSA) is 202 Å². The van der Waals surface area contributed by atoms with Crippen LogP contribution in [0.3, 0.4) is 0 Å². The second-order valence-electron chi connectivity index (χ2n) is 14.8. The van der Waals surface area contributed by atoms with Gasteiger partial charge in [-0.05, 0) is 96.1 Å². The minimum absolute atomic E-state index is 0.0257. The van der Waals surface area contributed by atoms with E-state index in [-0.39, 0.29) is 72.3 Å². The summed E-state index contributed by atoms with van der Waals surface area (Å²) in [6.07, 6.45) is 0.